The molecule has 2 saturated heterocycles. The quantitative estimate of drug-likeness (QED) is 0.812. The second kappa shape index (κ2) is 7.74. The molecule has 4 amide bonds. The number of hydrogen-bond donors (Lipinski definition) is 1. The lowest BCUT2D eigenvalue weighted by Gasteiger charge is -2.48. The predicted molar refractivity (Wildman–Crippen MR) is 111 cm³/mol. The summed E-state index contributed by atoms with van der Waals surface area (Å²) in [6.45, 7) is 5.02. The molecular formula is C22H28N4O4. The molecule has 0 radical (unpaired) electrons. The van der Waals surface area contributed by atoms with Crippen LogP contribution in [0.25, 0.3) is 0 Å². The smallest absolute Gasteiger partial charge is 0.257 e. The van der Waals surface area contributed by atoms with Gasteiger partial charge in [0.1, 0.15) is 5.66 Å². The molecule has 3 heterocycles. The third kappa shape index (κ3) is 3.44. The molecule has 1 N–H and O–H groups in total. The Balaban J connectivity index is 1.42. The monoisotopic (exact) mass is 412 g/mol. The molecule has 2 fully saturated rings. The van der Waals surface area contributed by atoms with Crippen molar-refractivity contribution in [3.05, 3.63) is 29.8 Å². The summed E-state index contributed by atoms with van der Waals surface area (Å²) in [7, 11) is 0. The normalized spacial score (nSPS) is 24.0. The number of hydrogen-bond acceptors (Lipinski definition) is 4. The number of likely N-dealkylation sites (tertiary alicyclic amines) is 1. The molecule has 8 nitrogen and oxygen atoms in total. The Morgan fingerprint density at radius 3 is 2.57 bits per heavy atom. The number of benzene rings is 1. The summed E-state index contributed by atoms with van der Waals surface area (Å²) in [5.41, 5.74) is 0.419. The van der Waals surface area contributed by atoms with E-state index in [2.05, 4.69) is 5.32 Å². The van der Waals surface area contributed by atoms with Gasteiger partial charge in [0.25, 0.3) is 5.91 Å². The summed E-state index contributed by atoms with van der Waals surface area (Å²) in [6.07, 6.45) is 2.59. The third-order valence-corrected chi connectivity index (χ3v) is 6.61. The van der Waals surface area contributed by atoms with Crippen molar-refractivity contribution in [2.24, 2.45) is 0 Å². The first-order chi connectivity index (χ1) is 14.3. The molecular weight excluding hydrogens is 384 g/mol. The Hall–Kier alpha value is -2.90. The SMILES string of the molecule is CC(=O)N1CCC(NC(=O)CCN2C(=O)c3ccccc3N3C(=O)CCC23C)CC1. The van der Waals surface area contributed by atoms with Crippen LogP contribution in [0.1, 0.15) is 56.3 Å². The second-order valence-corrected chi connectivity index (χ2v) is 8.52. The van der Waals surface area contributed by atoms with Crippen LogP contribution in [0.5, 0.6) is 0 Å². The van der Waals surface area contributed by atoms with Gasteiger partial charge >= 0.3 is 0 Å². The largest absolute Gasteiger partial charge is 0.353 e. The van der Waals surface area contributed by atoms with Crippen LogP contribution < -0.4 is 10.2 Å². The van der Waals surface area contributed by atoms with E-state index in [-0.39, 0.29) is 42.6 Å². The Labute approximate surface area is 176 Å². The first kappa shape index (κ1) is 20.4. The van der Waals surface area contributed by atoms with Gasteiger partial charge in [-0.1, -0.05) is 12.1 Å². The van der Waals surface area contributed by atoms with E-state index in [0.717, 1.165) is 12.8 Å². The van der Waals surface area contributed by atoms with E-state index in [4.69, 9.17) is 0 Å². The van der Waals surface area contributed by atoms with Crippen LogP contribution in [0.15, 0.2) is 24.3 Å². The number of rotatable bonds is 4. The molecule has 1 unspecified atom stereocenters. The van der Waals surface area contributed by atoms with E-state index < -0.39 is 5.66 Å². The first-order valence-corrected chi connectivity index (χ1v) is 10.6. The van der Waals surface area contributed by atoms with Crippen molar-refractivity contribution in [1.82, 2.24) is 15.1 Å². The standard InChI is InChI=1S/C22H28N4O4/c1-15(27)24-12-8-16(9-13-24)23-19(28)10-14-25-21(30)17-5-3-4-6-18(17)26-20(29)7-11-22(25,26)2/h3-6,16H,7-14H2,1-2H3,(H,23,28). The van der Waals surface area contributed by atoms with Gasteiger partial charge < -0.3 is 15.1 Å². The highest BCUT2D eigenvalue weighted by molar-refractivity contribution is 6.10. The van der Waals surface area contributed by atoms with Gasteiger partial charge in [-0.25, -0.2) is 0 Å². The van der Waals surface area contributed by atoms with E-state index >= 15 is 0 Å². The highest BCUT2D eigenvalue weighted by Gasteiger charge is 2.52. The summed E-state index contributed by atoms with van der Waals surface area (Å²) < 4.78 is 0. The number of fused-ring (bicyclic) bond motifs is 3. The summed E-state index contributed by atoms with van der Waals surface area (Å²) in [5.74, 6) is -0.180. The molecule has 0 aromatic heterocycles. The van der Waals surface area contributed by atoms with Crippen molar-refractivity contribution in [2.75, 3.05) is 24.5 Å². The molecule has 4 rings (SSSR count). The van der Waals surface area contributed by atoms with Crippen LogP contribution in [-0.2, 0) is 14.4 Å². The average molecular weight is 412 g/mol. The van der Waals surface area contributed by atoms with Gasteiger partial charge in [-0.2, -0.15) is 0 Å². The van der Waals surface area contributed by atoms with Crippen LogP contribution in [0, 0.1) is 0 Å². The van der Waals surface area contributed by atoms with Gasteiger partial charge in [0.2, 0.25) is 17.7 Å². The molecule has 3 aliphatic rings. The van der Waals surface area contributed by atoms with Crippen molar-refractivity contribution < 1.29 is 19.2 Å². The number of piperidine rings is 1. The maximum Gasteiger partial charge on any atom is 0.257 e. The van der Waals surface area contributed by atoms with Crippen LogP contribution >= 0.6 is 0 Å². The number of anilines is 1. The number of nitrogens with one attached hydrogen (secondary N) is 1. The lowest BCUT2D eigenvalue weighted by Crippen LogP contribution is -2.62. The van der Waals surface area contributed by atoms with Gasteiger partial charge in [-0.15, -0.1) is 0 Å². The zero-order valence-corrected chi connectivity index (χ0v) is 17.5. The van der Waals surface area contributed by atoms with Crippen molar-refractivity contribution in [3.8, 4) is 0 Å². The Bertz CT molecular complexity index is 893. The van der Waals surface area contributed by atoms with Crippen LogP contribution in [0.3, 0.4) is 0 Å². The van der Waals surface area contributed by atoms with Crippen molar-refractivity contribution >= 4 is 29.3 Å². The molecule has 0 aliphatic carbocycles. The maximum absolute atomic E-state index is 13.2. The van der Waals surface area contributed by atoms with Crippen molar-refractivity contribution in [3.63, 3.8) is 0 Å². The summed E-state index contributed by atoms with van der Waals surface area (Å²) >= 11 is 0. The molecule has 30 heavy (non-hydrogen) atoms. The minimum absolute atomic E-state index is 0.00383. The minimum atomic E-state index is -0.740. The van der Waals surface area contributed by atoms with Gasteiger partial charge in [-0.05, 0) is 38.3 Å². The van der Waals surface area contributed by atoms with Gasteiger partial charge in [0.05, 0.1) is 11.3 Å². The zero-order valence-electron chi connectivity index (χ0n) is 17.5. The number of carbonyl (C=O) groups is 4. The zero-order chi connectivity index (χ0) is 21.5. The Kier molecular flexibility index (Phi) is 5.26. The maximum atomic E-state index is 13.2. The minimum Gasteiger partial charge on any atom is -0.353 e. The molecule has 1 aromatic carbocycles. The lowest BCUT2D eigenvalue weighted by atomic mass is 9.98. The van der Waals surface area contributed by atoms with Gasteiger partial charge in [0.15, 0.2) is 0 Å². The summed E-state index contributed by atoms with van der Waals surface area (Å²) in [5, 5.41) is 3.04. The number of amides is 4. The van der Waals surface area contributed by atoms with E-state index in [1.165, 1.54) is 0 Å². The molecule has 1 aromatic rings. The molecule has 0 spiro atoms. The molecule has 0 saturated carbocycles. The topological polar surface area (TPSA) is 90.0 Å². The highest BCUT2D eigenvalue weighted by atomic mass is 16.2. The first-order valence-electron chi connectivity index (χ1n) is 10.6. The van der Waals surface area contributed by atoms with Crippen LogP contribution in [0.2, 0.25) is 0 Å². The third-order valence-electron chi connectivity index (χ3n) is 6.61. The molecule has 1 atom stereocenters. The summed E-state index contributed by atoms with van der Waals surface area (Å²) in [4.78, 5) is 55.0. The molecule has 0 bridgehead atoms. The highest BCUT2D eigenvalue weighted by Crippen LogP contribution is 2.43. The van der Waals surface area contributed by atoms with E-state index in [1.807, 2.05) is 19.1 Å². The van der Waals surface area contributed by atoms with E-state index in [1.54, 1.807) is 33.8 Å². The second-order valence-electron chi connectivity index (χ2n) is 8.52. The number of para-hydroxylation sites is 1. The number of carbonyl (C=O) groups excluding carboxylic acids is 4. The Morgan fingerprint density at radius 1 is 1.17 bits per heavy atom. The predicted octanol–water partition coefficient (Wildman–Crippen LogP) is 1.50. The van der Waals surface area contributed by atoms with E-state index in [9.17, 15) is 19.2 Å². The Morgan fingerprint density at radius 2 is 1.87 bits per heavy atom. The van der Waals surface area contributed by atoms with E-state index in [0.29, 0.717) is 37.2 Å². The molecule has 8 heteroatoms. The van der Waals surface area contributed by atoms with Crippen molar-refractivity contribution in [1.29, 1.82) is 0 Å². The van der Waals surface area contributed by atoms with Crippen LogP contribution in [0.4, 0.5) is 5.69 Å². The van der Waals surface area contributed by atoms with Crippen molar-refractivity contribution in [2.45, 2.75) is 57.7 Å². The lowest BCUT2D eigenvalue weighted by molar-refractivity contribution is -0.130. The summed E-state index contributed by atoms with van der Waals surface area (Å²) in [6, 6.07) is 7.22. The fraction of sp³-hybridized carbons (Fsp3) is 0.545. The fourth-order valence-corrected chi connectivity index (χ4v) is 4.89. The van der Waals surface area contributed by atoms with Gasteiger partial charge in [-0.3, -0.25) is 24.1 Å². The average Bonchev–Trinajstić information content (AvgIpc) is 3.03. The molecule has 3 aliphatic heterocycles. The molecule has 160 valence electrons. The van der Waals surface area contributed by atoms with Crippen LogP contribution in [-0.4, -0.2) is 64.8 Å². The number of nitrogens with zero attached hydrogens (tertiary/aromatic N) is 3. The van der Waals surface area contributed by atoms with Gasteiger partial charge in [0, 0.05) is 45.4 Å². The fourth-order valence-electron chi connectivity index (χ4n) is 4.89.